The van der Waals surface area contributed by atoms with E-state index in [0.717, 1.165) is 10.6 Å². The van der Waals surface area contributed by atoms with E-state index < -0.39 is 0 Å². The first kappa shape index (κ1) is 22.9. The molecule has 4 nitrogen and oxygen atoms in total. The van der Waals surface area contributed by atoms with Crippen LogP contribution in [0.1, 0.15) is 42.6 Å². The predicted molar refractivity (Wildman–Crippen MR) is 130 cm³/mol. The van der Waals surface area contributed by atoms with Crippen molar-refractivity contribution < 1.29 is 9.59 Å². The molecule has 0 bridgehead atoms. The van der Waals surface area contributed by atoms with Crippen molar-refractivity contribution in [2.24, 2.45) is 0 Å². The Morgan fingerprint density at radius 1 is 0.839 bits per heavy atom. The second kappa shape index (κ2) is 10.5. The van der Waals surface area contributed by atoms with E-state index in [0.29, 0.717) is 22.2 Å². The van der Waals surface area contributed by atoms with E-state index in [1.165, 1.54) is 17.3 Å². The summed E-state index contributed by atoms with van der Waals surface area (Å²) in [5.74, 6) is 0.178. The number of nitrogens with one attached hydrogen (secondary N) is 2. The van der Waals surface area contributed by atoms with Crippen LogP contribution in [0.4, 0.5) is 11.4 Å². The summed E-state index contributed by atoms with van der Waals surface area (Å²) >= 11 is 7.40. The van der Waals surface area contributed by atoms with Crippen molar-refractivity contribution in [1.82, 2.24) is 0 Å². The number of thioether (sulfide) groups is 1. The third-order valence-corrected chi connectivity index (χ3v) is 6.07. The molecule has 2 N–H and O–H groups in total. The summed E-state index contributed by atoms with van der Waals surface area (Å²) in [7, 11) is 0. The van der Waals surface area contributed by atoms with E-state index >= 15 is 0 Å². The molecule has 0 fully saturated rings. The third kappa shape index (κ3) is 6.61. The molecule has 1 unspecified atom stereocenters. The lowest BCUT2D eigenvalue weighted by molar-refractivity contribution is -0.115. The van der Waals surface area contributed by atoms with Gasteiger partial charge < -0.3 is 10.6 Å². The van der Waals surface area contributed by atoms with Crippen molar-refractivity contribution in [3.63, 3.8) is 0 Å². The van der Waals surface area contributed by atoms with Gasteiger partial charge in [0, 0.05) is 26.9 Å². The maximum atomic E-state index is 12.5. The quantitative estimate of drug-likeness (QED) is 0.386. The van der Waals surface area contributed by atoms with Crippen LogP contribution in [0.2, 0.25) is 5.02 Å². The van der Waals surface area contributed by atoms with Gasteiger partial charge in [-0.25, -0.2) is 0 Å². The van der Waals surface area contributed by atoms with Gasteiger partial charge in [0.15, 0.2) is 0 Å². The second-order valence-corrected chi connectivity index (χ2v) is 9.37. The molecular weight excluding hydrogens is 428 g/mol. The Morgan fingerprint density at radius 3 is 2.06 bits per heavy atom. The van der Waals surface area contributed by atoms with E-state index in [1.54, 1.807) is 24.3 Å². The van der Waals surface area contributed by atoms with Crippen LogP contribution < -0.4 is 10.6 Å². The lowest BCUT2D eigenvalue weighted by Crippen LogP contribution is -2.22. The standard InChI is InChI=1S/C25H25ClN2O2S/c1-16(2)18-7-9-21(10-8-18)27-24(29)17(3)31-23-13-11-22(12-14-23)28-25(30)19-5-4-6-20(26)15-19/h4-17H,1-3H3,(H,27,29)(H,28,30). The maximum Gasteiger partial charge on any atom is 0.255 e. The number of anilines is 2. The molecule has 0 heterocycles. The van der Waals surface area contributed by atoms with Crippen molar-refractivity contribution >= 4 is 46.6 Å². The fourth-order valence-electron chi connectivity index (χ4n) is 2.90. The van der Waals surface area contributed by atoms with Crippen LogP contribution >= 0.6 is 23.4 Å². The largest absolute Gasteiger partial charge is 0.325 e. The average molecular weight is 453 g/mol. The van der Waals surface area contributed by atoms with Crippen LogP contribution in [0.3, 0.4) is 0 Å². The minimum atomic E-state index is -0.267. The van der Waals surface area contributed by atoms with Gasteiger partial charge in [-0.2, -0.15) is 0 Å². The highest BCUT2D eigenvalue weighted by Crippen LogP contribution is 2.26. The van der Waals surface area contributed by atoms with E-state index in [2.05, 4.69) is 24.5 Å². The third-order valence-electron chi connectivity index (χ3n) is 4.73. The number of carbonyl (C=O) groups excluding carboxylic acids is 2. The number of hydrogen-bond donors (Lipinski definition) is 2. The summed E-state index contributed by atoms with van der Waals surface area (Å²) in [5.41, 5.74) is 3.21. The summed E-state index contributed by atoms with van der Waals surface area (Å²) in [6.45, 7) is 6.15. The highest BCUT2D eigenvalue weighted by molar-refractivity contribution is 8.00. The Balaban J connectivity index is 1.54. The van der Waals surface area contributed by atoms with Gasteiger partial charge in [0.05, 0.1) is 5.25 Å². The minimum Gasteiger partial charge on any atom is -0.325 e. The van der Waals surface area contributed by atoms with Gasteiger partial charge in [-0.15, -0.1) is 11.8 Å². The molecule has 3 aromatic rings. The highest BCUT2D eigenvalue weighted by Gasteiger charge is 2.15. The van der Waals surface area contributed by atoms with Crippen LogP contribution in [-0.4, -0.2) is 17.1 Å². The molecule has 0 aromatic heterocycles. The summed E-state index contributed by atoms with van der Waals surface area (Å²) in [4.78, 5) is 25.8. The molecule has 0 saturated carbocycles. The molecule has 160 valence electrons. The van der Waals surface area contributed by atoms with Gasteiger partial charge >= 0.3 is 0 Å². The van der Waals surface area contributed by atoms with Gasteiger partial charge in [0.25, 0.3) is 5.91 Å². The zero-order chi connectivity index (χ0) is 22.4. The molecule has 0 aliphatic heterocycles. The summed E-state index contributed by atoms with van der Waals surface area (Å²) in [5, 5.41) is 6.06. The summed E-state index contributed by atoms with van der Waals surface area (Å²) in [6.07, 6.45) is 0. The summed E-state index contributed by atoms with van der Waals surface area (Å²) < 4.78 is 0. The first-order valence-corrected chi connectivity index (χ1v) is 11.3. The Morgan fingerprint density at radius 2 is 1.45 bits per heavy atom. The Labute approximate surface area is 192 Å². The van der Waals surface area contributed by atoms with Crippen LogP contribution in [0, 0.1) is 0 Å². The first-order valence-electron chi connectivity index (χ1n) is 10.1. The van der Waals surface area contributed by atoms with Crippen LogP contribution in [0.25, 0.3) is 0 Å². The molecule has 3 aromatic carbocycles. The summed E-state index contributed by atoms with van der Waals surface area (Å²) in [6, 6.07) is 22.1. The van der Waals surface area contributed by atoms with Crippen molar-refractivity contribution in [1.29, 1.82) is 0 Å². The monoisotopic (exact) mass is 452 g/mol. The molecule has 0 spiro atoms. The molecule has 0 aliphatic rings. The van der Waals surface area contributed by atoms with Crippen LogP contribution in [0.5, 0.6) is 0 Å². The molecule has 0 radical (unpaired) electrons. The molecule has 1 atom stereocenters. The zero-order valence-electron chi connectivity index (χ0n) is 17.7. The molecule has 0 saturated heterocycles. The van der Waals surface area contributed by atoms with Gasteiger partial charge in [-0.05, 0) is 73.0 Å². The Kier molecular flexibility index (Phi) is 7.77. The Hall–Kier alpha value is -2.76. The van der Waals surface area contributed by atoms with E-state index in [4.69, 9.17) is 11.6 Å². The molecule has 31 heavy (non-hydrogen) atoms. The van der Waals surface area contributed by atoms with Gasteiger partial charge in [-0.1, -0.05) is 43.6 Å². The van der Waals surface area contributed by atoms with Gasteiger partial charge in [0.1, 0.15) is 0 Å². The molecule has 6 heteroatoms. The normalized spacial score (nSPS) is 11.8. The van der Waals surface area contributed by atoms with E-state index in [-0.39, 0.29) is 17.1 Å². The first-order chi connectivity index (χ1) is 14.8. The number of hydrogen-bond acceptors (Lipinski definition) is 3. The fraction of sp³-hybridized carbons (Fsp3) is 0.200. The number of benzene rings is 3. The Bertz CT molecular complexity index is 1050. The SMILES string of the molecule is CC(Sc1ccc(NC(=O)c2cccc(Cl)c2)cc1)C(=O)Nc1ccc(C(C)C)cc1. The lowest BCUT2D eigenvalue weighted by Gasteiger charge is -2.13. The number of halogens is 1. The van der Waals surface area contributed by atoms with E-state index in [9.17, 15) is 9.59 Å². The molecular formula is C25H25ClN2O2S. The predicted octanol–water partition coefficient (Wildman–Crippen LogP) is 6.84. The maximum absolute atomic E-state index is 12.5. The fourth-order valence-corrected chi connectivity index (χ4v) is 3.96. The number of carbonyl (C=O) groups is 2. The van der Waals surface area contributed by atoms with Gasteiger partial charge in [0.2, 0.25) is 5.91 Å². The van der Waals surface area contributed by atoms with Crippen molar-refractivity contribution in [3.05, 3.63) is 88.9 Å². The molecule has 2 amide bonds. The van der Waals surface area contributed by atoms with Crippen molar-refractivity contribution in [2.45, 2.75) is 36.8 Å². The topological polar surface area (TPSA) is 58.2 Å². The lowest BCUT2D eigenvalue weighted by atomic mass is 10.0. The van der Waals surface area contributed by atoms with Crippen molar-refractivity contribution in [2.75, 3.05) is 10.6 Å². The molecule has 3 rings (SSSR count). The van der Waals surface area contributed by atoms with Crippen LogP contribution in [-0.2, 0) is 4.79 Å². The van der Waals surface area contributed by atoms with Crippen LogP contribution in [0.15, 0.2) is 77.7 Å². The molecule has 0 aliphatic carbocycles. The van der Waals surface area contributed by atoms with Gasteiger partial charge in [-0.3, -0.25) is 9.59 Å². The smallest absolute Gasteiger partial charge is 0.255 e. The average Bonchev–Trinajstić information content (AvgIpc) is 2.75. The highest BCUT2D eigenvalue weighted by atomic mass is 35.5. The number of amides is 2. The second-order valence-electron chi connectivity index (χ2n) is 7.51. The number of rotatable bonds is 7. The van der Waals surface area contributed by atoms with Crippen molar-refractivity contribution in [3.8, 4) is 0 Å². The van der Waals surface area contributed by atoms with E-state index in [1.807, 2.05) is 55.5 Å². The zero-order valence-corrected chi connectivity index (χ0v) is 19.3. The minimum absolute atomic E-state index is 0.0550.